The number of hydrazone groups is 1. The molecule has 0 aliphatic heterocycles. The molecular formula is C24H25BrClN5O3S. The van der Waals surface area contributed by atoms with Crippen LogP contribution in [0.1, 0.15) is 43.7 Å². The van der Waals surface area contributed by atoms with Crippen molar-refractivity contribution >= 4 is 51.4 Å². The van der Waals surface area contributed by atoms with Crippen molar-refractivity contribution in [3.63, 3.8) is 0 Å². The van der Waals surface area contributed by atoms with Gasteiger partial charge in [0.05, 0.1) is 23.5 Å². The number of rotatable bonds is 8. The summed E-state index contributed by atoms with van der Waals surface area (Å²) in [5.41, 5.74) is 4.14. The monoisotopic (exact) mass is 577 g/mol. The van der Waals surface area contributed by atoms with E-state index in [-0.39, 0.29) is 17.4 Å². The number of halogens is 2. The Morgan fingerprint density at radius 2 is 2.03 bits per heavy atom. The van der Waals surface area contributed by atoms with Crippen LogP contribution in [0.15, 0.2) is 51.1 Å². The van der Waals surface area contributed by atoms with E-state index in [1.165, 1.54) is 44.3 Å². The molecule has 11 heteroatoms. The van der Waals surface area contributed by atoms with Crippen molar-refractivity contribution < 1.29 is 14.6 Å². The lowest BCUT2D eigenvalue weighted by atomic mass is 9.95. The summed E-state index contributed by atoms with van der Waals surface area (Å²) in [6.45, 7) is 0. The van der Waals surface area contributed by atoms with Crippen molar-refractivity contribution in [2.75, 3.05) is 12.9 Å². The maximum Gasteiger partial charge on any atom is 0.250 e. The van der Waals surface area contributed by atoms with Gasteiger partial charge < -0.3 is 9.84 Å². The first-order valence-electron chi connectivity index (χ1n) is 11.2. The van der Waals surface area contributed by atoms with E-state index in [0.29, 0.717) is 32.0 Å². The van der Waals surface area contributed by atoms with Crippen LogP contribution in [-0.4, -0.2) is 44.9 Å². The minimum atomic E-state index is -0.262. The molecule has 4 rings (SSSR count). The topological polar surface area (TPSA) is 102 Å². The summed E-state index contributed by atoms with van der Waals surface area (Å²) >= 11 is 10.7. The van der Waals surface area contributed by atoms with Crippen LogP contribution in [0.4, 0.5) is 0 Å². The average Bonchev–Trinajstić information content (AvgIpc) is 3.29. The van der Waals surface area contributed by atoms with E-state index in [1.807, 2.05) is 24.3 Å². The van der Waals surface area contributed by atoms with Crippen molar-refractivity contribution in [3.8, 4) is 22.9 Å². The molecule has 2 aromatic carbocycles. The first kappa shape index (κ1) is 25.5. The molecule has 35 heavy (non-hydrogen) atoms. The van der Waals surface area contributed by atoms with Gasteiger partial charge in [0.1, 0.15) is 0 Å². The molecule has 1 aromatic heterocycles. The van der Waals surface area contributed by atoms with E-state index in [2.05, 4.69) is 41.2 Å². The van der Waals surface area contributed by atoms with E-state index in [1.54, 1.807) is 12.1 Å². The molecule has 2 N–H and O–H groups in total. The molecule has 0 bridgehead atoms. The third kappa shape index (κ3) is 6.36. The van der Waals surface area contributed by atoms with Gasteiger partial charge in [0.15, 0.2) is 22.5 Å². The summed E-state index contributed by atoms with van der Waals surface area (Å²) in [6, 6.07) is 11.2. The normalized spacial score (nSPS) is 14.4. The van der Waals surface area contributed by atoms with Gasteiger partial charge in [-0.25, -0.2) is 5.43 Å². The molecule has 1 aliphatic carbocycles. The van der Waals surface area contributed by atoms with Crippen LogP contribution < -0.4 is 10.2 Å². The standard InChI is InChI=1S/C24H25BrClN5O3S/c1-34-20-12-15(11-19(25)22(20)33)13-27-28-21(32)14-35-24-30-29-23(16-7-9-17(26)10-8-16)31(24)18-5-3-2-4-6-18/h7-13,18,33H,2-6,14H2,1H3,(H,28,32). The van der Waals surface area contributed by atoms with Crippen LogP contribution in [0.3, 0.4) is 0 Å². The third-order valence-electron chi connectivity index (χ3n) is 5.71. The van der Waals surface area contributed by atoms with E-state index in [0.717, 1.165) is 24.2 Å². The highest BCUT2D eigenvalue weighted by Gasteiger charge is 2.24. The molecule has 0 atom stereocenters. The smallest absolute Gasteiger partial charge is 0.250 e. The number of phenols is 1. The molecule has 1 heterocycles. The highest BCUT2D eigenvalue weighted by atomic mass is 79.9. The molecule has 0 spiro atoms. The van der Waals surface area contributed by atoms with Gasteiger partial charge in [0, 0.05) is 16.6 Å². The Hall–Kier alpha value is -2.56. The van der Waals surface area contributed by atoms with Gasteiger partial charge in [-0.15, -0.1) is 10.2 Å². The number of nitrogens with zero attached hydrogens (tertiary/aromatic N) is 4. The minimum Gasteiger partial charge on any atom is -0.503 e. The quantitative estimate of drug-likeness (QED) is 0.198. The molecule has 1 fully saturated rings. The fraction of sp³-hybridized carbons (Fsp3) is 0.333. The second kappa shape index (κ2) is 11.9. The summed E-state index contributed by atoms with van der Waals surface area (Å²) in [5, 5.41) is 24.2. The molecule has 0 radical (unpaired) electrons. The van der Waals surface area contributed by atoms with Crippen molar-refractivity contribution in [1.29, 1.82) is 0 Å². The number of hydrogen-bond donors (Lipinski definition) is 2. The average molecular weight is 579 g/mol. The Morgan fingerprint density at radius 3 is 2.74 bits per heavy atom. The van der Waals surface area contributed by atoms with Gasteiger partial charge in [-0.1, -0.05) is 42.6 Å². The van der Waals surface area contributed by atoms with Crippen LogP contribution in [0.25, 0.3) is 11.4 Å². The van der Waals surface area contributed by atoms with E-state index in [9.17, 15) is 9.90 Å². The lowest BCUT2D eigenvalue weighted by Gasteiger charge is -2.25. The number of ether oxygens (including phenoxy) is 1. The Labute approximate surface area is 221 Å². The maximum atomic E-state index is 12.5. The van der Waals surface area contributed by atoms with Crippen molar-refractivity contribution in [3.05, 3.63) is 51.5 Å². The van der Waals surface area contributed by atoms with Gasteiger partial charge in [-0.3, -0.25) is 9.36 Å². The summed E-state index contributed by atoms with van der Waals surface area (Å²) in [6.07, 6.45) is 7.18. The molecule has 1 amide bonds. The van der Waals surface area contributed by atoms with Crippen LogP contribution in [0.2, 0.25) is 5.02 Å². The molecule has 0 unspecified atom stereocenters. The number of aromatic hydroxyl groups is 1. The molecule has 1 saturated carbocycles. The predicted molar refractivity (Wildman–Crippen MR) is 141 cm³/mol. The maximum absolute atomic E-state index is 12.5. The van der Waals surface area contributed by atoms with E-state index >= 15 is 0 Å². The van der Waals surface area contributed by atoms with Crippen molar-refractivity contribution in [2.24, 2.45) is 5.10 Å². The number of amides is 1. The number of carbonyl (C=O) groups is 1. The first-order valence-corrected chi connectivity index (χ1v) is 13.3. The number of hydrogen-bond acceptors (Lipinski definition) is 7. The number of carbonyl (C=O) groups excluding carboxylic acids is 1. The van der Waals surface area contributed by atoms with Crippen LogP contribution in [0.5, 0.6) is 11.5 Å². The van der Waals surface area contributed by atoms with E-state index < -0.39 is 0 Å². The number of phenolic OH excluding ortho intramolecular Hbond substituents is 1. The van der Waals surface area contributed by atoms with Crippen molar-refractivity contribution in [1.82, 2.24) is 20.2 Å². The summed E-state index contributed by atoms with van der Waals surface area (Å²) < 4.78 is 7.77. The second-order valence-corrected chi connectivity index (χ2v) is 10.3. The van der Waals surface area contributed by atoms with E-state index in [4.69, 9.17) is 16.3 Å². The predicted octanol–water partition coefficient (Wildman–Crippen LogP) is 5.82. The zero-order valence-electron chi connectivity index (χ0n) is 19.1. The fourth-order valence-corrected chi connectivity index (χ4v) is 5.39. The largest absolute Gasteiger partial charge is 0.503 e. The Balaban J connectivity index is 1.44. The number of benzene rings is 2. The van der Waals surface area contributed by atoms with Gasteiger partial charge >= 0.3 is 0 Å². The number of thioether (sulfide) groups is 1. The zero-order valence-corrected chi connectivity index (χ0v) is 22.2. The highest BCUT2D eigenvalue weighted by molar-refractivity contribution is 9.10. The van der Waals surface area contributed by atoms with Gasteiger partial charge in [-0.2, -0.15) is 5.10 Å². The minimum absolute atomic E-state index is 0.00475. The first-order chi connectivity index (χ1) is 17.0. The summed E-state index contributed by atoms with van der Waals surface area (Å²) in [7, 11) is 1.46. The second-order valence-electron chi connectivity index (χ2n) is 8.11. The fourth-order valence-electron chi connectivity index (χ4n) is 4.00. The van der Waals surface area contributed by atoms with Crippen LogP contribution in [-0.2, 0) is 4.79 Å². The van der Waals surface area contributed by atoms with Crippen molar-refractivity contribution in [2.45, 2.75) is 43.3 Å². The molecule has 0 saturated heterocycles. The van der Waals surface area contributed by atoms with Crippen LogP contribution in [0, 0.1) is 0 Å². The number of aromatic nitrogens is 3. The SMILES string of the molecule is COc1cc(C=NNC(=O)CSc2nnc(-c3ccc(Cl)cc3)n2C2CCCCC2)cc(Br)c1O. The molecule has 184 valence electrons. The van der Waals surface area contributed by atoms with Gasteiger partial charge in [0.2, 0.25) is 0 Å². The lowest BCUT2D eigenvalue weighted by molar-refractivity contribution is -0.118. The Bertz CT molecular complexity index is 1210. The lowest BCUT2D eigenvalue weighted by Crippen LogP contribution is -2.20. The molecular weight excluding hydrogens is 554 g/mol. The highest BCUT2D eigenvalue weighted by Crippen LogP contribution is 2.36. The Kier molecular flexibility index (Phi) is 8.69. The molecule has 3 aromatic rings. The third-order valence-corrected chi connectivity index (χ3v) is 7.51. The number of methoxy groups -OCH3 is 1. The zero-order chi connectivity index (χ0) is 24.8. The summed E-state index contributed by atoms with van der Waals surface area (Å²) in [4.78, 5) is 12.5. The van der Waals surface area contributed by atoms with Crippen LogP contribution >= 0.6 is 39.3 Å². The van der Waals surface area contributed by atoms with Gasteiger partial charge in [0.25, 0.3) is 5.91 Å². The molecule has 8 nitrogen and oxygen atoms in total. The van der Waals surface area contributed by atoms with Gasteiger partial charge in [-0.05, 0) is 70.7 Å². The summed E-state index contributed by atoms with van der Waals surface area (Å²) in [5.74, 6) is 0.987. The molecule has 1 aliphatic rings. The number of nitrogens with one attached hydrogen (secondary N) is 1. The Morgan fingerprint density at radius 1 is 1.29 bits per heavy atom.